The Kier molecular flexibility index (Phi) is 6.99. The van der Waals surface area contributed by atoms with Crippen LogP contribution in [-0.4, -0.2) is 52.8 Å². The Hall–Kier alpha value is -2.85. The molecule has 0 radical (unpaired) electrons. The molecule has 184 valence electrons. The minimum Gasteiger partial charge on any atom is -0.391 e. The van der Waals surface area contributed by atoms with Crippen molar-refractivity contribution in [1.29, 1.82) is 0 Å². The van der Waals surface area contributed by atoms with Gasteiger partial charge in [0.1, 0.15) is 5.82 Å². The van der Waals surface area contributed by atoms with Crippen molar-refractivity contribution in [2.45, 2.75) is 56.8 Å². The van der Waals surface area contributed by atoms with E-state index in [1.165, 1.54) is 35.9 Å². The summed E-state index contributed by atoms with van der Waals surface area (Å²) in [7, 11) is 2.03. The number of aliphatic hydroxyl groups is 1. The Balaban J connectivity index is 1.61. The van der Waals surface area contributed by atoms with Crippen molar-refractivity contribution in [3.63, 3.8) is 0 Å². The van der Waals surface area contributed by atoms with E-state index in [4.69, 9.17) is 0 Å². The van der Waals surface area contributed by atoms with Gasteiger partial charge in [-0.2, -0.15) is 0 Å². The van der Waals surface area contributed by atoms with E-state index < -0.39 is 41.9 Å². The molecule has 1 saturated carbocycles. The summed E-state index contributed by atoms with van der Waals surface area (Å²) in [5.74, 6) is -1.63. The number of anilines is 1. The highest BCUT2D eigenvalue weighted by Crippen LogP contribution is 2.35. The van der Waals surface area contributed by atoms with Crippen LogP contribution in [0, 0.1) is 5.82 Å². The van der Waals surface area contributed by atoms with Gasteiger partial charge in [-0.15, -0.1) is 0 Å². The lowest BCUT2D eigenvalue weighted by Gasteiger charge is -2.30. The van der Waals surface area contributed by atoms with Gasteiger partial charge in [0.25, 0.3) is 17.9 Å². The van der Waals surface area contributed by atoms with E-state index >= 15 is 0 Å². The zero-order chi connectivity index (χ0) is 24.6. The number of nitrogens with one attached hydrogen (secondary N) is 2. The van der Waals surface area contributed by atoms with Gasteiger partial charge < -0.3 is 25.2 Å². The topological polar surface area (TPSA) is 86.6 Å². The maximum atomic E-state index is 14.6. The standard InChI is InChI=1S/C24H29F3N4O3/c1-13(15-4-3-5-16(22(15)25)23(26)27)28-24(34)17-12-31(19-11-20(19)32)21(33)10-18(17)29-14-6-8-30(2)9-7-14/h3-5,10,12-14,19-20,23,29,32H,6-9,11H2,1-2H3,(H,28,34)/t13-,19-,20-/m1/s1. The lowest BCUT2D eigenvalue weighted by molar-refractivity contribution is 0.0939. The zero-order valence-electron chi connectivity index (χ0n) is 19.1. The number of carbonyl (C=O) groups is 1. The summed E-state index contributed by atoms with van der Waals surface area (Å²) in [5.41, 5.74) is -0.578. The number of aliphatic hydroxyl groups excluding tert-OH is 1. The van der Waals surface area contributed by atoms with Crippen LogP contribution in [0.3, 0.4) is 0 Å². The average molecular weight is 479 g/mol. The van der Waals surface area contributed by atoms with Crippen molar-refractivity contribution in [2.75, 3.05) is 25.5 Å². The number of amides is 1. The number of hydrogen-bond acceptors (Lipinski definition) is 5. The molecule has 0 spiro atoms. The predicted octanol–water partition coefficient (Wildman–Crippen LogP) is 3.23. The molecular weight excluding hydrogens is 449 g/mol. The average Bonchev–Trinajstić information content (AvgIpc) is 3.51. The first-order chi connectivity index (χ1) is 16.2. The SMILES string of the molecule is C[C@@H](NC(=O)c1cn([C@@H]2C[C@H]2O)c(=O)cc1NC1CCN(C)CC1)c1cccc(C(F)F)c1F. The molecule has 10 heteroatoms. The third-order valence-corrected chi connectivity index (χ3v) is 6.59. The van der Waals surface area contributed by atoms with Gasteiger partial charge in [0, 0.05) is 23.9 Å². The molecular formula is C24H29F3N4O3. The third-order valence-electron chi connectivity index (χ3n) is 6.59. The first-order valence-corrected chi connectivity index (χ1v) is 11.4. The summed E-state index contributed by atoms with van der Waals surface area (Å²) in [4.78, 5) is 28.1. The van der Waals surface area contributed by atoms with E-state index in [9.17, 15) is 27.9 Å². The largest absolute Gasteiger partial charge is 0.391 e. The highest BCUT2D eigenvalue weighted by molar-refractivity contribution is 5.99. The Morgan fingerprint density at radius 2 is 1.85 bits per heavy atom. The molecule has 4 rings (SSSR count). The fourth-order valence-electron chi connectivity index (χ4n) is 4.37. The smallest absolute Gasteiger partial charge is 0.266 e. The number of likely N-dealkylation sites (tertiary alicyclic amines) is 1. The maximum absolute atomic E-state index is 14.6. The number of carbonyl (C=O) groups excluding carboxylic acids is 1. The van der Waals surface area contributed by atoms with Crippen LogP contribution in [0.5, 0.6) is 0 Å². The number of benzene rings is 1. The molecule has 2 heterocycles. The van der Waals surface area contributed by atoms with E-state index in [2.05, 4.69) is 15.5 Å². The van der Waals surface area contributed by atoms with Gasteiger partial charge in [-0.1, -0.05) is 18.2 Å². The molecule has 3 atom stereocenters. The summed E-state index contributed by atoms with van der Waals surface area (Å²) >= 11 is 0. The van der Waals surface area contributed by atoms with Crippen molar-refractivity contribution in [3.05, 3.63) is 63.3 Å². The Morgan fingerprint density at radius 3 is 2.47 bits per heavy atom. The van der Waals surface area contributed by atoms with Gasteiger partial charge in [0.2, 0.25) is 0 Å². The second kappa shape index (κ2) is 9.79. The molecule has 0 unspecified atom stereocenters. The van der Waals surface area contributed by atoms with Gasteiger partial charge in [-0.25, -0.2) is 13.2 Å². The second-order valence-corrected chi connectivity index (χ2v) is 9.18. The molecule has 1 saturated heterocycles. The summed E-state index contributed by atoms with van der Waals surface area (Å²) < 4.78 is 42.1. The van der Waals surface area contributed by atoms with Crippen molar-refractivity contribution in [1.82, 2.24) is 14.8 Å². The lowest BCUT2D eigenvalue weighted by Crippen LogP contribution is -2.38. The molecule has 1 amide bonds. The van der Waals surface area contributed by atoms with Crippen LogP contribution in [0.2, 0.25) is 0 Å². The molecule has 1 aliphatic heterocycles. The fourth-order valence-corrected chi connectivity index (χ4v) is 4.37. The molecule has 3 N–H and O–H groups in total. The van der Waals surface area contributed by atoms with Crippen LogP contribution in [0.4, 0.5) is 18.9 Å². The third kappa shape index (κ3) is 5.12. The number of nitrogens with zero attached hydrogens (tertiary/aromatic N) is 2. The van der Waals surface area contributed by atoms with Crippen LogP contribution >= 0.6 is 0 Å². The number of aromatic nitrogens is 1. The number of halogens is 3. The quantitative estimate of drug-likeness (QED) is 0.569. The monoisotopic (exact) mass is 478 g/mol. The molecule has 0 bridgehead atoms. The van der Waals surface area contributed by atoms with Gasteiger partial charge >= 0.3 is 0 Å². The van der Waals surface area contributed by atoms with E-state index in [0.29, 0.717) is 12.1 Å². The number of rotatable bonds is 7. The van der Waals surface area contributed by atoms with Crippen LogP contribution < -0.4 is 16.2 Å². The van der Waals surface area contributed by atoms with E-state index in [0.717, 1.165) is 32.0 Å². The maximum Gasteiger partial charge on any atom is 0.266 e. The number of pyridine rings is 1. The molecule has 2 aliphatic rings. The Bertz CT molecular complexity index is 1120. The fraction of sp³-hybridized carbons (Fsp3) is 0.500. The summed E-state index contributed by atoms with van der Waals surface area (Å²) in [6.45, 7) is 3.26. The van der Waals surface area contributed by atoms with E-state index in [1.807, 2.05) is 7.05 Å². The van der Waals surface area contributed by atoms with Crippen molar-refractivity contribution >= 4 is 11.6 Å². The Morgan fingerprint density at radius 1 is 1.21 bits per heavy atom. The number of hydrogen-bond donors (Lipinski definition) is 3. The molecule has 2 fully saturated rings. The number of alkyl halides is 2. The summed E-state index contributed by atoms with van der Waals surface area (Å²) in [6, 6.07) is 3.82. The lowest BCUT2D eigenvalue weighted by atomic mass is 10.0. The first kappa shape index (κ1) is 24.3. The first-order valence-electron chi connectivity index (χ1n) is 11.4. The highest BCUT2D eigenvalue weighted by atomic mass is 19.3. The molecule has 34 heavy (non-hydrogen) atoms. The second-order valence-electron chi connectivity index (χ2n) is 9.18. The van der Waals surface area contributed by atoms with Crippen LogP contribution in [-0.2, 0) is 0 Å². The number of piperidine rings is 1. The van der Waals surface area contributed by atoms with Crippen molar-refractivity contribution in [3.8, 4) is 0 Å². The molecule has 1 aromatic heterocycles. The van der Waals surface area contributed by atoms with Crippen molar-refractivity contribution in [2.24, 2.45) is 0 Å². The van der Waals surface area contributed by atoms with Crippen LogP contribution in [0.25, 0.3) is 0 Å². The zero-order valence-corrected chi connectivity index (χ0v) is 19.1. The van der Waals surface area contributed by atoms with Crippen LogP contribution in [0.15, 0.2) is 35.3 Å². The summed E-state index contributed by atoms with van der Waals surface area (Å²) in [6.07, 6.45) is -0.110. The van der Waals surface area contributed by atoms with Crippen LogP contribution in [0.1, 0.15) is 66.2 Å². The summed E-state index contributed by atoms with van der Waals surface area (Å²) in [5, 5.41) is 15.8. The minimum atomic E-state index is -2.97. The van der Waals surface area contributed by atoms with Gasteiger partial charge in [0.05, 0.1) is 35.0 Å². The molecule has 1 aliphatic carbocycles. The normalized spacial score (nSPS) is 22.0. The molecule has 2 aromatic rings. The Labute approximate surface area is 195 Å². The van der Waals surface area contributed by atoms with Crippen molar-refractivity contribution < 1.29 is 23.1 Å². The van der Waals surface area contributed by atoms with E-state index in [-0.39, 0.29) is 22.7 Å². The van der Waals surface area contributed by atoms with Gasteiger partial charge in [0.15, 0.2) is 0 Å². The molecule has 7 nitrogen and oxygen atoms in total. The van der Waals surface area contributed by atoms with E-state index in [1.54, 1.807) is 0 Å². The minimum absolute atomic E-state index is 0.0538. The predicted molar refractivity (Wildman–Crippen MR) is 122 cm³/mol. The highest BCUT2D eigenvalue weighted by Gasteiger charge is 2.38. The molecule has 1 aromatic carbocycles. The van der Waals surface area contributed by atoms with Gasteiger partial charge in [-0.05, 0) is 46.3 Å². The van der Waals surface area contributed by atoms with Gasteiger partial charge in [-0.3, -0.25) is 9.59 Å².